The van der Waals surface area contributed by atoms with Crippen molar-refractivity contribution in [3.63, 3.8) is 0 Å². The number of aryl methyl sites for hydroxylation is 1. The average Bonchev–Trinajstić information content (AvgIpc) is 3.02. The normalized spacial score (nSPS) is 13.9. The lowest BCUT2D eigenvalue weighted by atomic mass is 10.0. The van der Waals surface area contributed by atoms with Crippen molar-refractivity contribution in [2.75, 3.05) is 20.6 Å². The summed E-state index contributed by atoms with van der Waals surface area (Å²) in [6.45, 7) is 5.38. The summed E-state index contributed by atoms with van der Waals surface area (Å²) in [6.07, 6.45) is 3.85. The molecule has 1 N–H and O–H groups in total. The van der Waals surface area contributed by atoms with E-state index in [9.17, 15) is 0 Å². The van der Waals surface area contributed by atoms with E-state index in [1.54, 1.807) is 11.3 Å². The molecule has 0 aliphatic rings. The monoisotopic (exact) mass is 292 g/mol. The molecular weight excluding hydrogens is 268 g/mol. The van der Waals surface area contributed by atoms with E-state index >= 15 is 0 Å². The van der Waals surface area contributed by atoms with Crippen molar-refractivity contribution in [1.29, 1.82) is 0 Å². The van der Waals surface area contributed by atoms with Crippen molar-refractivity contribution in [2.45, 2.75) is 25.4 Å². The molecule has 110 valence electrons. The van der Waals surface area contributed by atoms with Crippen LogP contribution in [0.5, 0.6) is 0 Å². The lowest BCUT2D eigenvalue weighted by Gasteiger charge is -2.34. The number of hydrogen-bond donors (Lipinski definition) is 1. The van der Waals surface area contributed by atoms with Gasteiger partial charge in [-0.15, -0.1) is 11.3 Å². The van der Waals surface area contributed by atoms with Crippen LogP contribution in [0.2, 0.25) is 0 Å². The third-order valence-electron chi connectivity index (χ3n) is 3.89. The molecular formula is C15H24N4S. The van der Waals surface area contributed by atoms with Crippen LogP contribution in [-0.4, -0.2) is 40.6 Å². The predicted octanol–water partition coefficient (Wildman–Crippen LogP) is 2.50. The lowest BCUT2D eigenvalue weighted by Crippen LogP contribution is -2.47. The standard InChI is InChI=1S/C15H24N4S/c1-15(2,18(3)4)11-17-13(12-7-6-10-20-12)14-16-8-9-19(14)5/h6-10,13,17H,11H2,1-5H3. The van der Waals surface area contributed by atoms with Crippen LogP contribution in [0.1, 0.15) is 30.6 Å². The molecule has 0 fully saturated rings. The zero-order chi connectivity index (χ0) is 14.8. The highest BCUT2D eigenvalue weighted by Crippen LogP contribution is 2.25. The van der Waals surface area contributed by atoms with Gasteiger partial charge < -0.3 is 14.8 Å². The molecule has 0 aliphatic heterocycles. The second kappa shape index (κ2) is 6.08. The Kier molecular flexibility index (Phi) is 4.62. The van der Waals surface area contributed by atoms with Gasteiger partial charge in [-0.2, -0.15) is 0 Å². The van der Waals surface area contributed by atoms with E-state index in [4.69, 9.17) is 0 Å². The summed E-state index contributed by atoms with van der Waals surface area (Å²) in [5.41, 5.74) is 0.0979. The highest BCUT2D eigenvalue weighted by Gasteiger charge is 2.25. The summed E-state index contributed by atoms with van der Waals surface area (Å²) in [5.74, 6) is 1.06. The van der Waals surface area contributed by atoms with E-state index < -0.39 is 0 Å². The third-order valence-corrected chi connectivity index (χ3v) is 4.83. The lowest BCUT2D eigenvalue weighted by molar-refractivity contribution is 0.186. The van der Waals surface area contributed by atoms with E-state index in [0.29, 0.717) is 0 Å². The van der Waals surface area contributed by atoms with Gasteiger partial charge in [0.25, 0.3) is 0 Å². The minimum atomic E-state index is 0.0979. The van der Waals surface area contributed by atoms with Crippen LogP contribution < -0.4 is 5.32 Å². The highest BCUT2D eigenvalue weighted by atomic mass is 32.1. The van der Waals surface area contributed by atoms with Crippen molar-refractivity contribution in [1.82, 2.24) is 19.8 Å². The Morgan fingerprint density at radius 2 is 2.20 bits per heavy atom. The van der Waals surface area contributed by atoms with Crippen LogP contribution in [-0.2, 0) is 7.05 Å². The van der Waals surface area contributed by atoms with Crippen molar-refractivity contribution in [3.05, 3.63) is 40.6 Å². The van der Waals surface area contributed by atoms with E-state index in [1.165, 1.54) is 4.88 Å². The van der Waals surface area contributed by atoms with Crippen LogP contribution in [0.4, 0.5) is 0 Å². The second-order valence-corrected chi connectivity index (χ2v) is 6.91. The molecule has 1 atom stereocenters. The van der Waals surface area contributed by atoms with Crippen LogP contribution in [0.25, 0.3) is 0 Å². The molecule has 2 rings (SSSR count). The highest BCUT2D eigenvalue weighted by molar-refractivity contribution is 7.10. The maximum atomic E-state index is 4.51. The molecule has 0 spiro atoms. The zero-order valence-electron chi connectivity index (χ0n) is 12.9. The first kappa shape index (κ1) is 15.2. The van der Waals surface area contributed by atoms with E-state index in [-0.39, 0.29) is 11.6 Å². The molecule has 2 heterocycles. The van der Waals surface area contributed by atoms with Gasteiger partial charge in [0.1, 0.15) is 11.9 Å². The first-order valence-electron chi connectivity index (χ1n) is 6.83. The second-order valence-electron chi connectivity index (χ2n) is 5.93. The molecule has 0 saturated carbocycles. The molecule has 0 aliphatic carbocycles. The number of aromatic nitrogens is 2. The van der Waals surface area contributed by atoms with Crippen LogP contribution in [0, 0.1) is 0 Å². The number of nitrogens with one attached hydrogen (secondary N) is 1. The van der Waals surface area contributed by atoms with Crippen LogP contribution >= 0.6 is 11.3 Å². The topological polar surface area (TPSA) is 33.1 Å². The molecule has 2 aromatic rings. The first-order valence-corrected chi connectivity index (χ1v) is 7.71. The Balaban J connectivity index is 2.19. The summed E-state index contributed by atoms with van der Waals surface area (Å²) in [5, 5.41) is 5.79. The van der Waals surface area contributed by atoms with Crippen molar-refractivity contribution < 1.29 is 0 Å². The van der Waals surface area contributed by atoms with Crippen LogP contribution in [0.3, 0.4) is 0 Å². The molecule has 0 amide bonds. The van der Waals surface area contributed by atoms with Gasteiger partial charge in [0.2, 0.25) is 0 Å². The Morgan fingerprint density at radius 1 is 1.45 bits per heavy atom. The molecule has 0 radical (unpaired) electrons. The quantitative estimate of drug-likeness (QED) is 0.888. The van der Waals surface area contributed by atoms with Gasteiger partial charge in [-0.1, -0.05) is 6.07 Å². The molecule has 0 aromatic carbocycles. The number of thiophene rings is 1. The third kappa shape index (κ3) is 3.29. The fourth-order valence-electron chi connectivity index (χ4n) is 1.94. The van der Waals surface area contributed by atoms with Gasteiger partial charge in [0, 0.05) is 36.4 Å². The molecule has 0 bridgehead atoms. The molecule has 1 unspecified atom stereocenters. The fraction of sp³-hybridized carbons (Fsp3) is 0.533. The number of rotatable bonds is 6. The van der Waals surface area contributed by atoms with E-state index in [0.717, 1.165) is 12.4 Å². The Labute approximate surface area is 125 Å². The van der Waals surface area contributed by atoms with Gasteiger partial charge in [-0.25, -0.2) is 4.98 Å². The van der Waals surface area contributed by atoms with E-state index in [2.05, 4.69) is 65.2 Å². The Bertz CT molecular complexity index is 528. The Hall–Kier alpha value is -1.17. The van der Waals surface area contributed by atoms with E-state index in [1.807, 2.05) is 19.4 Å². The van der Waals surface area contributed by atoms with Crippen molar-refractivity contribution in [3.8, 4) is 0 Å². The number of imidazole rings is 1. The molecule has 5 heteroatoms. The number of likely N-dealkylation sites (N-methyl/N-ethyl adjacent to an activating group) is 1. The van der Waals surface area contributed by atoms with Gasteiger partial charge in [0.15, 0.2) is 0 Å². The zero-order valence-corrected chi connectivity index (χ0v) is 13.7. The fourth-order valence-corrected chi connectivity index (χ4v) is 2.74. The maximum Gasteiger partial charge on any atom is 0.131 e. The SMILES string of the molecule is CN(C)C(C)(C)CNC(c1cccs1)c1nccn1C. The average molecular weight is 292 g/mol. The molecule has 20 heavy (non-hydrogen) atoms. The number of hydrogen-bond acceptors (Lipinski definition) is 4. The van der Waals surface area contributed by atoms with Crippen molar-refractivity contribution in [2.24, 2.45) is 7.05 Å². The smallest absolute Gasteiger partial charge is 0.131 e. The minimum Gasteiger partial charge on any atom is -0.336 e. The van der Waals surface area contributed by atoms with Crippen molar-refractivity contribution >= 4 is 11.3 Å². The summed E-state index contributed by atoms with van der Waals surface area (Å²) in [4.78, 5) is 8.05. The summed E-state index contributed by atoms with van der Waals surface area (Å²) >= 11 is 1.77. The van der Waals surface area contributed by atoms with Gasteiger partial charge in [-0.3, -0.25) is 0 Å². The number of nitrogens with zero attached hydrogens (tertiary/aromatic N) is 3. The maximum absolute atomic E-state index is 4.51. The molecule has 2 aromatic heterocycles. The summed E-state index contributed by atoms with van der Waals surface area (Å²) in [7, 11) is 6.27. The van der Waals surface area contributed by atoms with Gasteiger partial charge in [-0.05, 0) is 39.4 Å². The largest absolute Gasteiger partial charge is 0.336 e. The van der Waals surface area contributed by atoms with Gasteiger partial charge >= 0.3 is 0 Å². The summed E-state index contributed by atoms with van der Waals surface area (Å²) in [6, 6.07) is 4.41. The van der Waals surface area contributed by atoms with Crippen LogP contribution in [0.15, 0.2) is 29.9 Å². The first-order chi connectivity index (χ1) is 9.42. The molecule has 0 saturated heterocycles. The Morgan fingerprint density at radius 3 is 2.70 bits per heavy atom. The minimum absolute atomic E-state index is 0.0979. The molecule has 4 nitrogen and oxygen atoms in total. The summed E-state index contributed by atoms with van der Waals surface area (Å²) < 4.78 is 2.08. The van der Waals surface area contributed by atoms with Gasteiger partial charge in [0.05, 0.1) is 0 Å². The predicted molar refractivity (Wildman–Crippen MR) is 85.1 cm³/mol.